The van der Waals surface area contributed by atoms with E-state index in [1.165, 1.54) is 0 Å². The first kappa shape index (κ1) is 18.1. The Morgan fingerprint density at radius 1 is 1.52 bits per heavy atom. The first-order chi connectivity index (χ1) is 12.9. The van der Waals surface area contributed by atoms with E-state index in [2.05, 4.69) is 10.1 Å². The van der Waals surface area contributed by atoms with Crippen molar-refractivity contribution in [3.63, 3.8) is 0 Å². The molecule has 0 aromatic carbocycles. The average Bonchev–Trinajstić information content (AvgIpc) is 3.39. The van der Waals surface area contributed by atoms with Crippen molar-refractivity contribution in [1.29, 1.82) is 0 Å². The summed E-state index contributed by atoms with van der Waals surface area (Å²) in [5, 5.41) is 3.85. The van der Waals surface area contributed by atoms with E-state index in [-0.39, 0.29) is 17.9 Å². The minimum absolute atomic E-state index is 0.0283. The first-order valence-electron chi connectivity index (χ1n) is 9.14. The quantitative estimate of drug-likeness (QED) is 0.608. The second kappa shape index (κ2) is 6.72. The number of likely N-dealkylation sites (N-methyl/N-ethyl adjacent to an activating group) is 1. The minimum atomic E-state index is -0.679. The summed E-state index contributed by atoms with van der Waals surface area (Å²) in [6, 6.07) is 0. The van der Waals surface area contributed by atoms with Gasteiger partial charge in [-0.05, 0) is 0 Å². The zero-order valence-corrected chi connectivity index (χ0v) is 15.8. The molecule has 3 aliphatic heterocycles. The van der Waals surface area contributed by atoms with E-state index in [4.69, 9.17) is 14.0 Å². The molecule has 2 bridgehead atoms. The van der Waals surface area contributed by atoms with Crippen molar-refractivity contribution in [2.45, 2.75) is 25.0 Å². The van der Waals surface area contributed by atoms with E-state index in [0.717, 1.165) is 0 Å². The molecule has 27 heavy (non-hydrogen) atoms. The maximum absolute atomic E-state index is 13.1. The van der Waals surface area contributed by atoms with Crippen LogP contribution in [0.25, 0.3) is 0 Å². The van der Waals surface area contributed by atoms with Gasteiger partial charge in [-0.2, -0.15) is 4.98 Å². The number of rotatable bonds is 7. The Morgan fingerprint density at radius 3 is 3.04 bits per heavy atom. The van der Waals surface area contributed by atoms with E-state index < -0.39 is 17.4 Å². The van der Waals surface area contributed by atoms with Gasteiger partial charge in [0.15, 0.2) is 5.82 Å². The molecule has 4 rings (SSSR count). The number of hydrogen-bond acceptors (Lipinski definition) is 7. The normalized spacial score (nSPS) is 31.0. The van der Waals surface area contributed by atoms with Crippen LogP contribution in [0, 0.1) is 18.8 Å². The van der Waals surface area contributed by atoms with Gasteiger partial charge in [0, 0.05) is 40.6 Å². The van der Waals surface area contributed by atoms with Gasteiger partial charge in [-0.15, -0.1) is 0 Å². The Hall–Kier alpha value is -2.26. The number of fused-ring (bicyclic) bond motifs is 1. The number of aryl methyl sites for hydroxylation is 1. The van der Waals surface area contributed by atoms with Crippen LogP contribution in [-0.4, -0.2) is 83.9 Å². The van der Waals surface area contributed by atoms with Gasteiger partial charge in [0.25, 0.3) is 0 Å². The molecule has 0 aliphatic carbocycles. The zero-order valence-electron chi connectivity index (χ0n) is 15.8. The number of carbonyl (C=O) groups is 2. The summed E-state index contributed by atoms with van der Waals surface area (Å²) < 4.78 is 16.2. The summed E-state index contributed by atoms with van der Waals surface area (Å²) in [7, 11) is 3.34. The SMILES string of the molecule is COCCN1C[C@]23C=C[C@H](O2)[C@@H](C(=O)N(C)CCc2noc(C)n2)[C@@H]3C1=O. The summed E-state index contributed by atoms with van der Waals surface area (Å²) in [6.45, 7) is 3.62. The molecule has 1 aromatic heterocycles. The summed E-state index contributed by atoms with van der Waals surface area (Å²) >= 11 is 0. The number of methoxy groups -OCH3 is 1. The highest BCUT2D eigenvalue weighted by atomic mass is 16.5. The van der Waals surface area contributed by atoms with Crippen molar-refractivity contribution in [2.75, 3.05) is 40.4 Å². The molecule has 0 N–H and O–H groups in total. The van der Waals surface area contributed by atoms with Gasteiger partial charge >= 0.3 is 0 Å². The monoisotopic (exact) mass is 376 g/mol. The molecule has 9 heteroatoms. The molecule has 2 amide bonds. The second-order valence-electron chi connectivity index (χ2n) is 7.39. The highest BCUT2D eigenvalue weighted by Crippen LogP contribution is 2.52. The predicted molar refractivity (Wildman–Crippen MR) is 92.6 cm³/mol. The fourth-order valence-electron chi connectivity index (χ4n) is 4.33. The Kier molecular flexibility index (Phi) is 4.51. The fourth-order valence-corrected chi connectivity index (χ4v) is 4.33. The van der Waals surface area contributed by atoms with E-state index in [9.17, 15) is 9.59 Å². The van der Waals surface area contributed by atoms with Crippen LogP contribution in [0.2, 0.25) is 0 Å². The first-order valence-corrected chi connectivity index (χ1v) is 9.14. The van der Waals surface area contributed by atoms with E-state index in [0.29, 0.717) is 44.4 Å². The number of ether oxygens (including phenoxy) is 2. The van der Waals surface area contributed by atoms with Crippen molar-refractivity contribution in [3.05, 3.63) is 23.9 Å². The van der Waals surface area contributed by atoms with Crippen LogP contribution in [0.5, 0.6) is 0 Å². The van der Waals surface area contributed by atoms with Crippen molar-refractivity contribution >= 4 is 11.8 Å². The molecule has 4 heterocycles. The van der Waals surface area contributed by atoms with Gasteiger partial charge in [0.1, 0.15) is 5.60 Å². The Morgan fingerprint density at radius 2 is 2.33 bits per heavy atom. The third-order valence-corrected chi connectivity index (χ3v) is 5.65. The molecule has 1 spiro atoms. The average molecular weight is 376 g/mol. The summed E-state index contributed by atoms with van der Waals surface area (Å²) in [5.74, 6) is -0.00717. The summed E-state index contributed by atoms with van der Waals surface area (Å²) in [4.78, 5) is 33.6. The van der Waals surface area contributed by atoms with Crippen LogP contribution in [0.15, 0.2) is 16.7 Å². The van der Waals surface area contributed by atoms with Gasteiger partial charge in [-0.3, -0.25) is 9.59 Å². The van der Waals surface area contributed by atoms with Crippen molar-refractivity contribution in [3.8, 4) is 0 Å². The van der Waals surface area contributed by atoms with Gasteiger partial charge in [-0.1, -0.05) is 17.3 Å². The second-order valence-corrected chi connectivity index (χ2v) is 7.39. The summed E-state index contributed by atoms with van der Waals surface area (Å²) in [6.07, 6.45) is 4.03. The predicted octanol–water partition coefficient (Wildman–Crippen LogP) is -0.193. The summed E-state index contributed by atoms with van der Waals surface area (Å²) in [5.41, 5.74) is -0.679. The lowest BCUT2D eigenvalue weighted by Crippen LogP contribution is -2.45. The molecule has 0 saturated carbocycles. The van der Waals surface area contributed by atoms with Crippen LogP contribution in [-0.2, 0) is 25.5 Å². The van der Waals surface area contributed by atoms with Crippen molar-refractivity contribution in [1.82, 2.24) is 19.9 Å². The number of carbonyl (C=O) groups excluding carboxylic acids is 2. The van der Waals surface area contributed by atoms with Crippen LogP contribution in [0.4, 0.5) is 0 Å². The standard InChI is InChI=1S/C18H24N4O5/c1-11-19-13(20-27-11)5-7-21(2)16(23)14-12-4-6-18(26-12)10-22(8-9-25-3)17(24)15(14)18/h4,6,12,14-15H,5,7-10H2,1-3H3/t12-,14+,15+,18-/m0/s1. The van der Waals surface area contributed by atoms with E-state index >= 15 is 0 Å². The molecular weight excluding hydrogens is 352 g/mol. The molecule has 9 nitrogen and oxygen atoms in total. The van der Waals surface area contributed by atoms with Crippen LogP contribution in [0.3, 0.4) is 0 Å². The Labute approximate surface area is 157 Å². The van der Waals surface area contributed by atoms with Crippen LogP contribution >= 0.6 is 0 Å². The van der Waals surface area contributed by atoms with Crippen molar-refractivity contribution in [2.24, 2.45) is 11.8 Å². The van der Waals surface area contributed by atoms with E-state index in [1.807, 2.05) is 12.2 Å². The number of aromatic nitrogens is 2. The lowest BCUT2D eigenvalue weighted by molar-refractivity contribution is -0.142. The molecular formula is C18H24N4O5. The smallest absolute Gasteiger partial charge is 0.230 e. The van der Waals surface area contributed by atoms with Crippen LogP contribution < -0.4 is 0 Å². The topological polar surface area (TPSA) is 98.0 Å². The number of amides is 2. The van der Waals surface area contributed by atoms with Crippen LogP contribution in [0.1, 0.15) is 11.7 Å². The maximum Gasteiger partial charge on any atom is 0.230 e. The minimum Gasteiger partial charge on any atom is -0.383 e. The third-order valence-electron chi connectivity index (χ3n) is 5.65. The van der Waals surface area contributed by atoms with Gasteiger partial charge in [0.2, 0.25) is 17.7 Å². The molecule has 1 aromatic rings. The van der Waals surface area contributed by atoms with Gasteiger partial charge in [0.05, 0.1) is 31.1 Å². The number of hydrogen-bond donors (Lipinski definition) is 0. The third kappa shape index (κ3) is 2.94. The van der Waals surface area contributed by atoms with Gasteiger partial charge in [-0.25, -0.2) is 0 Å². The Balaban J connectivity index is 1.46. The highest BCUT2D eigenvalue weighted by molar-refractivity contribution is 5.93. The Bertz CT molecular complexity index is 778. The lowest BCUT2D eigenvalue weighted by atomic mass is 9.76. The van der Waals surface area contributed by atoms with E-state index in [1.54, 1.807) is 30.9 Å². The number of nitrogens with zero attached hydrogens (tertiary/aromatic N) is 4. The zero-order chi connectivity index (χ0) is 19.2. The lowest BCUT2D eigenvalue weighted by Gasteiger charge is -2.27. The largest absolute Gasteiger partial charge is 0.383 e. The molecule has 0 radical (unpaired) electrons. The maximum atomic E-state index is 13.1. The van der Waals surface area contributed by atoms with Gasteiger partial charge < -0.3 is 23.8 Å². The molecule has 2 saturated heterocycles. The highest BCUT2D eigenvalue weighted by Gasteiger charge is 2.66. The molecule has 2 fully saturated rings. The molecule has 3 aliphatic rings. The molecule has 0 unspecified atom stereocenters. The number of likely N-dealkylation sites (tertiary alicyclic amines) is 1. The van der Waals surface area contributed by atoms with Crippen molar-refractivity contribution < 1.29 is 23.6 Å². The molecule has 146 valence electrons. The molecule has 4 atom stereocenters. The fraction of sp³-hybridized carbons (Fsp3) is 0.667.